The Morgan fingerprint density at radius 1 is 1.57 bits per heavy atom. The van der Waals surface area contributed by atoms with Crippen LogP contribution in [-0.2, 0) is 0 Å². The first-order valence-corrected chi connectivity index (χ1v) is 5.59. The molecule has 0 radical (unpaired) electrons. The molecule has 1 N–H and O–H groups in total. The molecule has 1 aliphatic heterocycles. The van der Waals surface area contributed by atoms with E-state index in [9.17, 15) is 0 Å². The van der Waals surface area contributed by atoms with Crippen LogP contribution in [0.2, 0.25) is 0 Å². The predicted molar refractivity (Wildman–Crippen MR) is 57.9 cm³/mol. The van der Waals surface area contributed by atoms with Gasteiger partial charge in [-0.3, -0.25) is 0 Å². The van der Waals surface area contributed by atoms with Crippen LogP contribution in [0.15, 0.2) is 0 Å². The average Bonchev–Trinajstić information content (AvgIpc) is 2.20. The Morgan fingerprint density at radius 3 is 3.07 bits per heavy atom. The molecule has 14 heavy (non-hydrogen) atoms. The minimum Gasteiger partial charge on any atom is -0.316 e. The lowest BCUT2D eigenvalue weighted by molar-refractivity contribution is 0.242. The number of hydrogen-bond donors (Lipinski definition) is 1. The molecule has 0 bridgehead atoms. The molecular formula is C11H21N3. The maximum Gasteiger partial charge on any atom is 0.0622 e. The van der Waals surface area contributed by atoms with Crippen LogP contribution in [0, 0.1) is 17.2 Å². The van der Waals surface area contributed by atoms with Crippen molar-refractivity contribution in [3.8, 4) is 6.07 Å². The van der Waals surface area contributed by atoms with E-state index in [1.54, 1.807) is 0 Å². The Balaban J connectivity index is 2.06. The van der Waals surface area contributed by atoms with Gasteiger partial charge in [0.2, 0.25) is 0 Å². The van der Waals surface area contributed by atoms with E-state index in [1.165, 1.54) is 32.5 Å². The summed E-state index contributed by atoms with van der Waals surface area (Å²) >= 11 is 0. The van der Waals surface area contributed by atoms with E-state index in [0.29, 0.717) is 6.42 Å². The van der Waals surface area contributed by atoms with Gasteiger partial charge in [-0.2, -0.15) is 5.26 Å². The Hall–Kier alpha value is -0.590. The van der Waals surface area contributed by atoms with Crippen molar-refractivity contribution in [1.29, 1.82) is 5.26 Å². The van der Waals surface area contributed by atoms with Crippen LogP contribution < -0.4 is 5.32 Å². The topological polar surface area (TPSA) is 39.1 Å². The van der Waals surface area contributed by atoms with Gasteiger partial charge in [0.15, 0.2) is 0 Å². The molecule has 0 saturated carbocycles. The molecule has 1 fully saturated rings. The van der Waals surface area contributed by atoms with Gasteiger partial charge < -0.3 is 10.2 Å². The molecule has 0 aromatic carbocycles. The molecule has 0 amide bonds. The summed E-state index contributed by atoms with van der Waals surface area (Å²) < 4.78 is 0. The largest absolute Gasteiger partial charge is 0.316 e. The van der Waals surface area contributed by atoms with Crippen molar-refractivity contribution >= 4 is 0 Å². The van der Waals surface area contributed by atoms with Crippen LogP contribution in [0.3, 0.4) is 0 Å². The summed E-state index contributed by atoms with van der Waals surface area (Å²) in [5, 5.41) is 11.9. The fraction of sp³-hybridized carbons (Fsp3) is 0.909. The maximum atomic E-state index is 8.42. The molecule has 1 heterocycles. The van der Waals surface area contributed by atoms with E-state index in [2.05, 4.69) is 23.3 Å². The van der Waals surface area contributed by atoms with Gasteiger partial charge in [-0.05, 0) is 51.9 Å². The standard InChI is InChI=1S/C11H21N3/c1-14(8-3-2-6-12)10-11-5-4-7-13-9-11/h11,13H,2-5,7-10H2,1H3. The molecule has 1 saturated heterocycles. The van der Waals surface area contributed by atoms with Crippen molar-refractivity contribution in [2.45, 2.75) is 25.7 Å². The molecule has 3 heteroatoms. The minimum absolute atomic E-state index is 0.688. The number of piperidine rings is 1. The third-order valence-electron chi connectivity index (χ3n) is 2.80. The summed E-state index contributed by atoms with van der Waals surface area (Å²) in [6, 6.07) is 2.19. The molecule has 80 valence electrons. The first-order chi connectivity index (χ1) is 6.83. The summed E-state index contributed by atoms with van der Waals surface area (Å²) in [5.74, 6) is 0.816. The number of unbranched alkanes of at least 4 members (excludes halogenated alkanes) is 1. The normalized spacial score (nSPS) is 22.2. The van der Waals surface area contributed by atoms with Gasteiger partial charge in [-0.15, -0.1) is 0 Å². The zero-order valence-electron chi connectivity index (χ0n) is 9.13. The molecule has 0 aromatic rings. The summed E-state index contributed by atoms with van der Waals surface area (Å²) in [6.07, 6.45) is 4.37. The number of hydrogen-bond acceptors (Lipinski definition) is 3. The lowest BCUT2D eigenvalue weighted by Crippen LogP contribution is -2.37. The number of nitriles is 1. The Kier molecular flexibility index (Phi) is 5.58. The van der Waals surface area contributed by atoms with Crippen molar-refractivity contribution in [3.05, 3.63) is 0 Å². The lowest BCUT2D eigenvalue weighted by Gasteiger charge is -2.27. The van der Waals surface area contributed by atoms with Crippen molar-refractivity contribution < 1.29 is 0 Å². The van der Waals surface area contributed by atoms with E-state index in [-0.39, 0.29) is 0 Å². The molecule has 1 atom stereocenters. The highest BCUT2D eigenvalue weighted by Gasteiger charge is 2.14. The van der Waals surface area contributed by atoms with Gasteiger partial charge in [0, 0.05) is 13.0 Å². The fourth-order valence-electron chi connectivity index (χ4n) is 2.04. The van der Waals surface area contributed by atoms with Gasteiger partial charge in [-0.1, -0.05) is 0 Å². The number of rotatable bonds is 5. The fourth-order valence-corrected chi connectivity index (χ4v) is 2.04. The number of nitrogens with one attached hydrogen (secondary N) is 1. The smallest absolute Gasteiger partial charge is 0.0622 e. The first-order valence-electron chi connectivity index (χ1n) is 5.59. The molecule has 1 aliphatic rings. The Bertz CT molecular complexity index is 179. The average molecular weight is 195 g/mol. The molecule has 0 aromatic heterocycles. The number of nitrogens with zero attached hydrogens (tertiary/aromatic N) is 2. The van der Waals surface area contributed by atoms with Crippen molar-refractivity contribution in [1.82, 2.24) is 10.2 Å². The summed E-state index contributed by atoms with van der Waals surface area (Å²) in [7, 11) is 2.16. The predicted octanol–water partition coefficient (Wildman–Crippen LogP) is 1.22. The van der Waals surface area contributed by atoms with Gasteiger partial charge >= 0.3 is 0 Å². The summed E-state index contributed by atoms with van der Waals surface area (Å²) in [4.78, 5) is 2.36. The van der Waals surface area contributed by atoms with Crippen molar-refractivity contribution in [2.24, 2.45) is 5.92 Å². The second kappa shape index (κ2) is 6.80. The zero-order chi connectivity index (χ0) is 10.2. The summed E-state index contributed by atoms with van der Waals surface area (Å²) in [5.41, 5.74) is 0. The SMILES string of the molecule is CN(CCCC#N)CC1CCCNC1. The van der Waals surface area contributed by atoms with Gasteiger partial charge in [0.25, 0.3) is 0 Å². The highest BCUT2D eigenvalue weighted by atomic mass is 15.1. The van der Waals surface area contributed by atoms with Crippen LogP contribution in [0.25, 0.3) is 0 Å². The molecule has 1 rings (SSSR count). The van der Waals surface area contributed by atoms with Crippen molar-refractivity contribution in [2.75, 3.05) is 33.2 Å². The van der Waals surface area contributed by atoms with E-state index < -0.39 is 0 Å². The second-order valence-corrected chi connectivity index (χ2v) is 4.24. The molecule has 0 aliphatic carbocycles. The van der Waals surface area contributed by atoms with E-state index in [4.69, 9.17) is 5.26 Å². The van der Waals surface area contributed by atoms with E-state index >= 15 is 0 Å². The van der Waals surface area contributed by atoms with Gasteiger partial charge in [-0.25, -0.2) is 0 Å². The lowest BCUT2D eigenvalue weighted by atomic mass is 9.99. The highest BCUT2D eigenvalue weighted by molar-refractivity contribution is 4.73. The van der Waals surface area contributed by atoms with Crippen molar-refractivity contribution in [3.63, 3.8) is 0 Å². The highest BCUT2D eigenvalue weighted by Crippen LogP contribution is 2.11. The molecule has 3 nitrogen and oxygen atoms in total. The second-order valence-electron chi connectivity index (χ2n) is 4.24. The van der Waals surface area contributed by atoms with Crippen LogP contribution >= 0.6 is 0 Å². The maximum absolute atomic E-state index is 8.42. The summed E-state index contributed by atoms with van der Waals surface area (Å²) in [6.45, 7) is 4.60. The Morgan fingerprint density at radius 2 is 2.43 bits per heavy atom. The van der Waals surface area contributed by atoms with E-state index in [1.807, 2.05) is 0 Å². The van der Waals surface area contributed by atoms with Gasteiger partial charge in [0.05, 0.1) is 6.07 Å². The third-order valence-corrected chi connectivity index (χ3v) is 2.80. The molecular weight excluding hydrogens is 174 g/mol. The quantitative estimate of drug-likeness (QED) is 0.670. The van der Waals surface area contributed by atoms with Crippen LogP contribution in [0.1, 0.15) is 25.7 Å². The van der Waals surface area contributed by atoms with Crippen LogP contribution in [0.5, 0.6) is 0 Å². The Labute approximate surface area is 87.1 Å². The van der Waals surface area contributed by atoms with Gasteiger partial charge in [0.1, 0.15) is 0 Å². The van der Waals surface area contributed by atoms with Crippen LogP contribution in [-0.4, -0.2) is 38.1 Å². The molecule has 1 unspecified atom stereocenters. The van der Waals surface area contributed by atoms with E-state index in [0.717, 1.165) is 18.9 Å². The first kappa shape index (κ1) is 11.5. The monoisotopic (exact) mass is 195 g/mol. The van der Waals surface area contributed by atoms with Crippen LogP contribution in [0.4, 0.5) is 0 Å². The third kappa shape index (κ3) is 4.59. The minimum atomic E-state index is 0.688. The zero-order valence-corrected chi connectivity index (χ0v) is 9.13. The molecule has 0 spiro atoms.